The molecule has 1 fully saturated rings. The molecule has 0 aromatic carbocycles. The average Bonchev–Trinajstić information content (AvgIpc) is 2.13. The summed E-state index contributed by atoms with van der Waals surface area (Å²) < 4.78 is 5.48. The fourth-order valence-corrected chi connectivity index (χ4v) is 2.36. The summed E-state index contributed by atoms with van der Waals surface area (Å²) in [4.78, 5) is 0. The zero-order valence-corrected chi connectivity index (χ0v) is 7.91. The topological polar surface area (TPSA) is 9.23 Å². The highest BCUT2D eigenvalue weighted by Crippen LogP contribution is 2.07. The van der Waals surface area contributed by atoms with Crippen molar-refractivity contribution in [2.45, 2.75) is 25.7 Å². The van der Waals surface area contributed by atoms with Gasteiger partial charge in [-0.1, -0.05) is 0 Å². The lowest BCUT2D eigenvalue weighted by Gasteiger charge is -2.02. The van der Waals surface area contributed by atoms with Crippen LogP contribution in [0.15, 0.2) is 0 Å². The molecule has 0 amide bonds. The highest BCUT2D eigenvalue weighted by Gasteiger charge is 2.01. The molecule has 1 nitrogen and oxygen atoms in total. The smallest absolute Gasteiger partial charge is 0.0870 e. The minimum atomic E-state index is 0.385. The Kier molecular flexibility index (Phi) is 3.45. The third kappa shape index (κ3) is 2.59. The monoisotopic (exact) mass is 160 g/mol. The Bertz CT molecular complexity index is 104. The Morgan fingerprint density at radius 1 is 1.33 bits per heavy atom. The molecule has 1 heterocycles. The summed E-state index contributed by atoms with van der Waals surface area (Å²) in [6.45, 7) is 0.969. The molecule has 9 heavy (non-hydrogen) atoms. The van der Waals surface area contributed by atoms with Crippen LogP contribution in [0, 0.1) is 0 Å². The molecule has 0 aromatic heterocycles. The lowest BCUT2D eigenvalue weighted by Crippen LogP contribution is -2.04. The molecule has 1 rings (SSSR count). The largest absolute Gasteiger partial charge is 0.504 e. The van der Waals surface area contributed by atoms with Gasteiger partial charge in [0, 0.05) is 0 Å². The van der Waals surface area contributed by atoms with E-state index in [1.54, 1.807) is 0 Å². The predicted octanol–water partition coefficient (Wildman–Crippen LogP) is 0.933. The molecule has 0 saturated carbocycles. The molecule has 3 heteroatoms. The van der Waals surface area contributed by atoms with Gasteiger partial charge in [-0.25, -0.2) is 0 Å². The Morgan fingerprint density at radius 3 is 3.00 bits per heavy atom. The molecule has 0 aliphatic carbocycles. The van der Waals surface area contributed by atoms with Gasteiger partial charge < -0.3 is 4.74 Å². The van der Waals surface area contributed by atoms with E-state index in [1.807, 2.05) is 0 Å². The summed E-state index contributed by atoms with van der Waals surface area (Å²) in [6, 6.07) is 0. The maximum absolute atomic E-state index is 5.48. The van der Waals surface area contributed by atoms with Crippen molar-refractivity contribution >= 4 is 22.9 Å². The summed E-state index contributed by atoms with van der Waals surface area (Å²) in [5.74, 6) is 0. The summed E-state index contributed by atoms with van der Waals surface area (Å²) in [5, 5.41) is 1.36. The maximum Gasteiger partial charge on any atom is 0.0870 e. The van der Waals surface area contributed by atoms with Crippen LogP contribution in [0.1, 0.15) is 25.7 Å². The molecule has 0 aromatic rings. The summed E-state index contributed by atoms with van der Waals surface area (Å²) in [5.41, 5.74) is 0. The first-order valence-electron chi connectivity index (χ1n) is 3.47. The first-order chi connectivity index (χ1) is 4.43. The van der Waals surface area contributed by atoms with E-state index in [0.29, 0.717) is 8.80 Å². The van der Waals surface area contributed by atoms with Crippen LogP contribution in [0.25, 0.3) is 0 Å². The Balaban J connectivity index is 2.36. The molecular formula is C6H13OPSi. The van der Waals surface area contributed by atoms with Crippen molar-refractivity contribution in [3.05, 3.63) is 0 Å². The number of hydrogen-bond acceptors (Lipinski definition) is 1. The van der Waals surface area contributed by atoms with Crippen LogP contribution in [0.4, 0.5) is 0 Å². The standard InChI is InChI=1S/C6H13OPSi/c8-9-6-4-2-1-3-5-7-6/h9H,1-5,8H2/b9-6+. The third-order valence-corrected chi connectivity index (χ3v) is 3.48. The van der Waals surface area contributed by atoms with Crippen LogP contribution in [-0.4, -0.2) is 20.8 Å². The average molecular weight is 160 g/mol. The summed E-state index contributed by atoms with van der Waals surface area (Å²) in [6.07, 6.45) is 5.18. The Labute approximate surface area is 60.7 Å². The lowest BCUT2D eigenvalue weighted by molar-refractivity contribution is 0.309. The Hall–Kier alpha value is 0.317. The first-order valence-corrected chi connectivity index (χ1v) is 6.71. The van der Waals surface area contributed by atoms with E-state index in [4.69, 9.17) is 4.74 Å². The van der Waals surface area contributed by atoms with E-state index >= 15 is 0 Å². The lowest BCUT2D eigenvalue weighted by atomic mass is 10.2. The van der Waals surface area contributed by atoms with Crippen molar-refractivity contribution in [2.24, 2.45) is 0 Å². The molecular weight excluding hydrogens is 147 g/mol. The van der Waals surface area contributed by atoms with Crippen LogP contribution in [0.2, 0.25) is 0 Å². The van der Waals surface area contributed by atoms with Crippen molar-refractivity contribution < 1.29 is 4.74 Å². The fraction of sp³-hybridized carbons (Fsp3) is 0.833. The van der Waals surface area contributed by atoms with Crippen LogP contribution < -0.4 is 0 Å². The van der Waals surface area contributed by atoms with Crippen molar-refractivity contribution in [2.75, 3.05) is 6.61 Å². The Morgan fingerprint density at radius 2 is 2.22 bits per heavy atom. The van der Waals surface area contributed by atoms with Crippen molar-refractivity contribution in [3.8, 4) is 0 Å². The van der Waals surface area contributed by atoms with Crippen molar-refractivity contribution in [1.82, 2.24) is 0 Å². The first kappa shape index (κ1) is 7.42. The summed E-state index contributed by atoms with van der Waals surface area (Å²) >= 11 is 0. The fourth-order valence-electron chi connectivity index (χ4n) is 0.985. The zero-order chi connectivity index (χ0) is 6.53. The zero-order valence-electron chi connectivity index (χ0n) is 5.60. The third-order valence-electron chi connectivity index (χ3n) is 1.54. The van der Waals surface area contributed by atoms with Gasteiger partial charge in [-0.2, -0.15) is 0 Å². The van der Waals surface area contributed by atoms with Gasteiger partial charge in [-0.15, -0.1) is 8.79 Å². The van der Waals surface area contributed by atoms with E-state index in [-0.39, 0.29) is 0 Å². The van der Waals surface area contributed by atoms with Crippen LogP contribution >= 0.6 is 8.79 Å². The second kappa shape index (κ2) is 4.18. The van der Waals surface area contributed by atoms with E-state index in [2.05, 4.69) is 8.79 Å². The molecule has 1 atom stereocenters. The van der Waals surface area contributed by atoms with Gasteiger partial charge in [0.2, 0.25) is 0 Å². The SMILES string of the molecule is P/[SiH]=C1\CCCCCO1. The van der Waals surface area contributed by atoms with E-state index in [9.17, 15) is 0 Å². The van der Waals surface area contributed by atoms with E-state index in [1.165, 1.54) is 31.0 Å². The molecule has 1 unspecified atom stereocenters. The summed E-state index contributed by atoms with van der Waals surface area (Å²) in [7, 11) is 3.18. The minimum Gasteiger partial charge on any atom is -0.504 e. The molecule has 52 valence electrons. The van der Waals surface area contributed by atoms with Gasteiger partial charge >= 0.3 is 0 Å². The molecule has 1 aliphatic heterocycles. The molecule has 0 radical (unpaired) electrons. The second-order valence-electron chi connectivity index (χ2n) is 2.29. The molecule has 0 bridgehead atoms. The molecule has 1 aliphatic rings. The quantitative estimate of drug-likeness (QED) is 0.378. The van der Waals surface area contributed by atoms with Gasteiger partial charge in [0.1, 0.15) is 0 Å². The minimum absolute atomic E-state index is 0.385. The highest BCUT2D eigenvalue weighted by atomic mass is 31.3. The van der Waals surface area contributed by atoms with Crippen molar-refractivity contribution in [1.29, 1.82) is 0 Å². The van der Waals surface area contributed by atoms with Crippen LogP contribution in [0.5, 0.6) is 0 Å². The van der Waals surface area contributed by atoms with Gasteiger partial charge in [0.25, 0.3) is 0 Å². The number of hydrogen-bond donors (Lipinski definition) is 0. The molecule has 1 saturated heterocycles. The van der Waals surface area contributed by atoms with E-state index < -0.39 is 0 Å². The van der Waals surface area contributed by atoms with Crippen LogP contribution in [-0.2, 0) is 4.74 Å². The molecule has 0 spiro atoms. The van der Waals surface area contributed by atoms with Crippen LogP contribution in [0.3, 0.4) is 0 Å². The highest BCUT2D eigenvalue weighted by molar-refractivity contribution is 7.56. The van der Waals surface area contributed by atoms with Crippen molar-refractivity contribution in [3.63, 3.8) is 0 Å². The van der Waals surface area contributed by atoms with E-state index in [0.717, 1.165) is 6.61 Å². The number of ether oxygens (including phenoxy) is 1. The van der Waals surface area contributed by atoms with Gasteiger partial charge in [-0.05, 0) is 25.7 Å². The second-order valence-corrected chi connectivity index (χ2v) is 4.27. The van der Waals surface area contributed by atoms with Gasteiger partial charge in [0.05, 0.1) is 20.8 Å². The number of rotatable bonds is 0. The predicted molar refractivity (Wildman–Crippen MR) is 46.3 cm³/mol. The normalized spacial score (nSPS) is 25.2. The van der Waals surface area contributed by atoms with Gasteiger partial charge in [-0.3, -0.25) is 0 Å². The molecule has 0 N–H and O–H groups in total. The maximum atomic E-state index is 5.48. The van der Waals surface area contributed by atoms with Gasteiger partial charge in [0.15, 0.2) is 0 Å².